The van der Waals surface area contributed by atoms with Gasteiger partial charge < -0.3 is 14.1 Å². The van der Waals surface area contributed by atoms with Crippen molar-refractivity contribution in [3.05, 3.63) is 77.9 Å². The number of carbonyl (C=O) groups is 1. The number of H-pyrrole nitrogens is 1. The first-order chi connectivity index (χ1) is 13.7. The van der Waals surface area contributed by atoms with Crippen LogP contribution in [0.5, 0.6) is 0 Å². The largest absolute Gasteiger partial charge is 0.464 e. The summed E-state index contributed by atoms with van der Waals surface area (Å²) in [7, 11) is 1.36. The molecule has 28 heavy (non-hydrogen) atoms. The van der Waals surface area contributed by atoms with Gasteiger partial charge in [0.2, 0.25) is 0 Å². The predicted molar refractivity (Wildman–Crippen MR) is 106 cm³/mol. The molecule has 4 aromatic rings. The quantitative estimate of drug-likeness (QED) is 0.507. The van der Waals surface area contributed by atoms with Gasteiger partial charge in [0.05, 0.1) is 7.11 Å². The molecule has 140 valence electrons. The molecule has 5 rings (SSSR count). The van der Waals surface area contributed by atoms with Gasteiger partial charge in [-0.05, 0) is 24.5 Å². The van der Waals surface area contributed by atoms with Crippen LogP contribution in [0.25, 0.3) is 22.2 Å². The van der Waals surface area contributed by atoms with E-state index in [0.29, 0.717) is 18.1 Å². The maximum absolute atomic E-state index is 12.4. The van der Waals surface area contributed by atoms with Gasteiger partial charge in [-0.1, -0.05) is 48.5 Å². The summed E-state index contributed by atoms with van der Waals surface area (Å²) in [5.74, 6) is 0.546. The van der Waals surface area contributed by atoms with Gasteiger partial charge in [0.25, 0.3) is 0 Å². The number of esters is 1. The third kappa shape index (κ3) is 2.71. The minimum atomic E-state index is -0.486. The summed E-state index contributed by atoms with van der Waals surface area (Å²) in [5.41, 5.74) is 3.37. The number of fused-ring (bicyclic) bond motifs is 1. The summed E-state index contributed by atoms with van der Waals surface area (Å²) >= 11 is 0. The zero-order valence-corrected chi connectivity index (χ0v) is 15.6. The molecule has 1 saturated carbocycles. The van der Waals surface area contributed by atoms with Crippen molar-refractivity contribution in [2.45, 2.75) is 24.7 Å². The lowest BCUT2D eigenvalue weighted by atomic mass is 9.92. The number of oxazole rings is 1. The molecule has 0 spiro atoms. The summed E-state index contributed by atoms with van der Waals surface area (Å²) in [4.78, 5) is 20.1. The Bertz CT molecular complexity index is 1150. The van der Waals surface area contributed by atoms with E-state index in [1.54, 1.807) is 0 Å². The first kappa shape index (κ1) is 16.8. The molecular weight excluding hydrogens is 352 g/mol. The van der Waals surface area contributed by atoms with Crippen LogP contribution in [-0.2, 0) is 16.6 Å². The molecule has 2 aromatic carbocycles. The number of para-hydroxylation sites is 1. The highest BCUT2D eigenvalue weighted by Gasteiger charge is 2.45. The monoisotopic (exact) mass is 372 g/mol. The molecule has 1 fully saturated rings. The van der Waals surface area contributed by atoms with E-state index < -0.39 is 5.97 Å². The number of benzene rings is 2. The number of methoxy groups -OCH3 is 1. The number of carbonyl (C=O) groups excluding carboxylic acids is 1. The van der Waals surface area contributed by atoms with Crippen LogP contribution in [0.1, 0.15) is 34.8 Å². The van der Waals surface area contributed by atoms with Crippen LogP contribution in [0.2, 0.25) is 0 Å². The maximum Gasteiger partial charge on any atom is 0.360 e. The Kier molecular flexibility index (Phi) is 3.83. The van der Waals surface area contributed by atoms with Crippen LogP contribution in [0, 0.1) is 0 Å². The fraction of sp³-hybridized carbons (Fsp3) is 0.217. The van der Waals surface area contributed by atoms with Crippen LogP contribution in [0.4, 0.5) is 0 Å². The number of ether oxygens (including phenoxy) is 1. The van der Waals surface area contributed by atoms with Crippen LogP contribution >= 0.6 is 0 Å². The molecule has 2 aromatic heterocycles. The molecule has 5 heteroatoms. The number of aromatic nitrogens is 2. The Balaban J connectivity index is 1.57. The summed E-state index contributed by atoms with van der Waals surface area (Å²) in [6.07, 6.45) is 4.71. The fourth-order valence-corrected chi connectivity index (χ4v) is 3.92. The Morgan fingerprint density at radius 1 is 1.14 bits per heavy atom. The van der Waals surface area contributed by atoms with E-state index in [0.717, 1.165) is 29.3 Å². The molecule has 0 radical (unpaired) electrons. The molecule has 0 bridgehead atoms. The average Bonchev–Trinajstić information content (AvgIpc) is 3.21. The molecule has 0 amide bonds. The predicted octanol–water partition coefficient (Wildman–Crippen LogP) is 4.88. The number of nitrogens with zero attached hydrogens (tertiary/aromatic N) is 1. The average molecular weight is 372 g/mol. The lowest BCUT2D eigenvalue weighted by molar-refractivity contribution is 0.0595. The van der Waals surface area contributed by atoms with Gasteiger partial charge in [0.15, 0.2) is 17.3 Å². The summed E-state index contributed by atoms with van der Waals surface area (Å²) in [6.45, 7) is 0. The minimum absolute atomic E-state index is 0.0526. The SMILES string of the molecule is COC(=O)c1nc(CC2(c3ccccc3)CC2)oc1-c1c[nH]c2ccccc12. The van der Waals surface area contributed by atoms with Crippen molar-refractivity contribution in [2.75, 3.05) is 7.11 Å². The molecule has 1 aliphatic carbocycles. The summed E-state index contributed by atoms with van der Waals surface area (Å²) < 4.78 is 11.1. The lowest BCUT2D eigenvalue weighted by Crippen LogP contribution is -2.11. The van der Waals surface area contributed by atoms with Gasteiger partial charge in [0, 0.05) is 34.5 Å². The second-order valence-corrected chi connectivity index (χ2v) is 7.35. The Labute approximate surface area is 162 Å². The highest BCUT2D eigenvalue weighted by Crippen LogP contribution is 2.50. The van der Waals surface area contributed by atoms with Crippen molar-refractivity contribution in [3.63, 3.8) is 0 Å². The van der Waals surface area contributed by atoms with Gasteiger partial charge in [0.1, 0.15) is 0 Å². The summed E-state index contributed by atoms with van der Waals surface area (Å²) in [5, 5.41) is 0.986. The third-order valence-corrected chi connectivity index (χ3v) is 5.61. The molecule has 0 saturated heterocycles. The topological polar surface area (TPSA) is 68.1 Å². The Morgan fingerprint density at radius 3 is 2.64 bits per heavy atom. The van der Waals surface area contributed by atoms with Crippen LogP contribution in [0.15, 0.2) is 65.2 Å². The molecule has 0 atom stereocenters. The van der Waals surface area contributed by atoms with Gasteiger partial charge in [-0.2, -0.15) is 0 Å². The van der Waals surface area contributed by atoms with Crippen molar-refractivity contribution >= 4 is 16.9 Å². The Morgan fingerprint density at radius 2 is 1.89 bits per heavy atom. The van der Waals surface area contributed by atoms with Crippen LogP contribution in [0.3, 0.4) is 0 Å². The fourth-order valence-electron chi connectivity index (χ4n) is 3.92. The van der Waals surface area contributed by atoms with E-state index >= 15 is 0 Å². The second-order valence-electron chi connectivity index (χ2n) is 7.35. The van der Waals surface area contributed by atoms with Crippen molar-refractivity contribution in [3.8, 4) is 11.3 Å². The number of hydrogen-bond donors (Lipinski definition) is 1. The maximum atomic E-state index is 12.4. The first-order valence-electron chi connectivity index (χ1n) is 9.40. The lowest BCUT2D eigenvalue weighted by Gasteiger charge is -2.13. The van der Waals surface area contributed by atoms with E-state index in [1.807, 2.05) is 36.5 Å². The van der Waals surface area contributed by atoms with E-state index in [4.69, 9.17) is 9.15 Å². The van der Waals surface area contributed by atoms with Gasteiger partial charge in [-0.25, -0.2) is 9.78 Å². The van der Waals surface area contributed by atoms with E-state index in [9.17, 15) is 4.79 Å². The molecule has 1 aliphatic rings. The number of nitrogens with one attached hydrogen (secondary N) is 1. The van der Waals surface area contributed by atoms with E-state index in [-0.39, 0.29) is 11.1 Å². The van der Waals surface area contributed by atoms with Gasteiger partial charge >= 0.3 is 5.97 Å². The van der Waals surface area contributed by atoms with Crippen molar-refractivity contribution in [2.24, 2.45) is 0 Å². The molecule has 2 heterocycles. The van der Waals surface area contributed by atoms with Gasteiger partial charge in [-0.15, -0.1) is 0 Å². The second kappa shape index (κ2) is 6.37. The normalized spacial score (nSPS) is 14.9. The number of aromatic amines is 1. The summed E-state index contributed by atoms with van der Waals surface area (Å²) in [6, 6.07) is 18.4. The molecular formula is C23H20N2O3. The molecule has 5 nitrogen and oxygen atoms in total. The van der Waals surface area contributed by atoms with Crippen LogP contribution < -0.4 is 0 Å². The minimum Gasteiger partial charge on any atom is -0.464 e. The molecule has 0 aliphatic heterocycles. The highest BCUT2D eigenvalue weighted by atomic mass is 16.5. The zero-order valence-electron chi connectivity index (χ0n) is 15.6. The molecule has 0 unspecified atom stereocenters. The Hall–Kier alpha value is -3.34. The zero-order chi connectivity index (χ0) is 19.1. The van der Waals surface area contributed by atoms with Crippen molar-refractivity contribution < 1.29 is 13.9 Å². The van der Waals surface area contributed by atoms with Crippen LogP contribution in [-0.4, -0.2) is 23.0 Å². The van der Waals surface area contributed by atoms with E-state index in [2.05, 4.69) is 34.2 Å². The highest BCUT2D eigenvalue weighted by molar-refractivity contribution is 6.00. The smallest absolute Gasteiger partial charge is 0.360 e. The number of hydrogen-bond acceptors (Lipinski definition) is 4. The first-order valence-corrected chi connectivity index (χ1v) is 9.40. The molecule has 1 N–H and O–H groups in total. The van der Waals surface area contributed by atoms with E-state index in [1.165, 1.54) is 12.7 Å². The van der Waals surface area contributed by atoms with Crippen molar-refractivity contribution in [1.82, 2.24) is 9.97 Å². The number of rotatable bonds is 5. The van der Waals surface area contributed by atoms with Gasteiger partial charge in [-0.3, -0.25) is 0 Å². The standard InChI is InChI=1S/C23H20N2O3/c1-27-22(26)20-21(17-14-24-18-10-6-5-9-16(17)18)28-19(25-20)13-23(11-12-23)15-7-3-2-4-8-15/h2-10,14,24H,11-13H2,1H3. The third-order valence-electron chi connectivity index (χ3n) is 5.61. The van der Waals surface area contributed by atoms with Crippen molar-refractivity contribution in [1.29, 1.82) is 0 Å².